The molecule has 1 aromatic carbocycles. The quantitative estimate of drug-likeness (QED) is 0.748. The highest BCUT2D eigenvalue weighted by Gasteiger charge is 2.20. The molecule has 0 atom stereocenters. The fourth-order valence-corrected chi connectivity index (χ4v) is 2.75. The third-order valence-corrected chi connectivity index (χ3v) is 4.20. The Morgan fingerprint density at radius 3 is 2.46 bits per heavy atom. The molecular weight excluding hydrogens is 328 g/mol. The minimum atomic E-state index is 0.0324. The molecule has 136 valence electrons. The van der Waals surface area contributed by atoms with E-state index in [0.717, 1.165) is 36.8 Å². The minimum absolute atomic E-state index is 0.0324. The molecule has 0 saturated carbocycles. The van der Waals surface area contributed by atoms with Crippen molar-refractivity contribution in [3.63, 3.8) is 0 Å². The van der Waals surface area contributed by atoms with E-state index in [-0.39, 0.29) is 5.91 Å². The zero-order valence-electron chi connectivity index (χ0n) is 15.0. The summed E-state index contributed by atoms with van der Waals surface area (Å²) in [4.78, 5) is 24.9. The van der Waals surface area contributed by atoms with Crippen LogP contribution < -0.4 is 9.64 Å². The molecule has 1 fully saturated rings. The first kappa shape index (κ1) is 17.9. The first-order chi connectivity index (χ1) is 12.8. The van der Waals surface area contributed by atoms with Gasteiger partial charge in [0.05, 0.1) is 6.61 Å². The van der Waals surface area contributed by atoms with Crippen molar-refractivity contribution in [2.75, 3.05) is 37.7 Å². The number of rotatable bonds is 6. The number of aromatic nitrogens is 2. The Bertz CT molecular complexity index is 723. The van der Waals surface area contributed by atoms with Gasteiger partial charge in [-0.05, 0) is 36.3 Å². The second kappa shape index (κ2) is 8.99. The van der Waals surface area contributed by atoms with Crippen LogP contribution in [0.25, 0.3) is 6.08 Å². The van der Waals surface area contributed by atoms with E-state index in [1.54, 1.807) is 24.5 Å². The van der Waals surface area contributed by atoms with E-state index in [4.69, 9.17) is 4.74 Å². The molecule has 0 aliphatic carbocycles. The van der Waals surface area contributed by atoms with E-state index < -0.39 is 0 Å². The molecule has 1 saturated heterocycles. The predicted octanol–water partition coefficient (Wildman–Crippen LogP) is 2.63. The van der Waals surface area contributed by atoms with E-state index in [2.05, 4.69) is 21.8 Å². The lowest BCUT2D eigenvalue weighted by Gasteiger charge is -2.34. The first-order valence-corrected chi connectivity index (χ1v) is 8.98. The molecule has 3 rings (SSSR count). The van der Waals surface area contributed by atoms with Crippen LogP contribution in [0.1, 0.15) is 18.9 Å². The molecule has 1 amide bonds. The summed E-state index contributed by atoms with van der Waals surface area (Å²) in [5, 5.41) is 0. The summed E-state index contributed by atoms with van der Waals surface area (Å²) in [5.74, 6) is 1.61. The van der Waals surface area contributed by atoms with Gasteiger partial charge in [0.1, 0.15) is 5.75 Å². The lowest BCUT2D eigenvalue weighted by Crippen LogP contribution is -2.48. The topological polar surface area (TPSA) is 58.6 Å². The van der Waals surface area contributed by atoms with E-state index in [9.17, 15) is 4.79 Å². The van der Waals surface area contributed by atoms with Gasteiger partial charge < -0.3 is 14.5 Å². The van der Waals surface area contributed by atoms with E-state index in [1.165, 1.54) is 0 Å². The largest absolute Gasteiger partial charge is 0.494 e. The summed E-state index contributed by atoms with van der Waals surface area (Å²) < 4.78 is 5.56. The summed E-state index contributed by atoms with van der Waals surface area (Å²) in [5.41, 5.74) is 0.985. The Balaban J connectivity index is 1.50. The molecule has 0 unspecified atom stereocenters. The number of carbonyl (C=O) groups is 1. The van der Waals surface area contributed by atoms with Crippen molar-refractivity contribution in [2.45, 2.75) is 13.3 Å². The Hall–Kier alpha value is -2.89. The summed E-state index contributed by atoms with van der Waals surface area (Å²) >= 11 is 0. The third kappa shape index (κ3) is 4.81. The highest BCUT2D eigenvalue weighted by molar-refractivity contribution is 5.92. The number of carbonyl (C=O) groups excluding carboxylic acids is 1. The first-order valence-electron chi connectivity index (χ1n) is 8.98. The Morgan fingerprint density at radius 1 is 1.12 bits per heavy atom. The molecule has 26 heavy (non-hydrogen) atoms. The normalized spacial score (nSPS) is 14.7. The average molecular weight is 352 g/mol. The van der Waals surface area contributed by atoms with Gasteiger partial charge in [0.2, 0.25) is 11.9 Å². The fraction of sp³-hybridized carbons (Fsp3) is 0.350. The van der Waals surface area contributed by atoms with Crippen LogP contribution in [0, 0.1) is 0 Å². The molecular formula is C20H24N4O2. The van der Waals surface area contributed by atoms with Crippen molar-refractivity contribution < 1.29 is 9.53 Å². The highest BCUT2D eigenvalue weighted by atomic mass is 16.5. The zero-order chi connectivity index (χ0) is 18.2. The van der Waals surface area contributed by atoms with Crippen molar-refractivity contribution in [3.8, 4) is 5.75 Å². The second-order valence-electron chi connectivity index (χ2n) is 6.11. The van der Waals surface area contributed by atoms with E-state index in [1.807, 2.05) is 35.2 Å². The molecule has 1 aliphatic rings. The molecule has 1 aromatic heterocycles. The molecule has 0 bridgehead atoms. The van der Waals surface area contributed by atoms with Crippen molar-refractivity contribution in [1.82, 2.24) is 14.9 Å². The smallest absolute Gasteiger partial charge is 0.246 e. The molecule has 0 radical (unpaired) electrons. The van der Waals surface area contributed by atoms with Crippen LogP contribution in [-0.2, 0) is 4.79 Å². The Morgan fingerprint density at radius 2 is 1.81 bits per heavy atom. The summed E-state index contributed by atoms with van der Waals surface area (Å²) in [6, 6.07) is 9.58. The number of ether oxygens (including phenoxy) is 1. The van der Waals surface area contributed by atoms with Crippen LogP contribution in [-0.4, -0.2) is 53.6 Å². The number of amides is 1. The van der Waals surface area contributed by atoms with Gasteiger partial charge in [-0.15, -0.1) is 0 Å². The number of hydrogen-bond acceptors (Lipinski definition) is 5. The molecule has 6 heteroatoms. The second-order valence-corrected chi connectivity index (χ2v) is 6.11. The molecule has 6 nitrogen and oxygen atoms in total. The fourth-order valence-electron chi connectivity index (χ4n) is 2.75. The molecule has 1 aliphatic heterocycles. The van der Waals surface area contributed by atoms with E-state index >= 15 is 0 Å². The van der Waals surface area contributed by atoms with Crippen LogP contribution in [0.2, 0.25) is 0 Å². The van der Waals surface area contributed by atoms with Gasteiger partial charge in [0.25, 0.3) is 0 Å². The zero-order valence-corrected chi connectivity index (χ0v) is 15.0. The van der Waals surface area contributed by atoms with Gasteiger partial charge in [-0.25, -0.2) is 9.97 Å². The number of anilines is 1. The third-order valence-electron chi connectivity index (χ3n) is 4.20. The van der Waals surface area contributed by atoms with E-state index in [0.29, 0.717) is 19.7 Å². The lowest BCUT2D eigenvalue weighted by atomic mass is 10.2. The maximum atomic E-state index is 12.4. The van der Waals surface area contributed by atoms with Crippen molar-refractivity contribution in [2.24, 2.45) is 0 Å². The van der Waals surface area contributed by atoms with Crippen LogP contribution in [0.3, 0.4) is 0 Å². The van der Waals surface area contributed by atoms with Gasteiger partial charge in [-0.3, -0.25) is 4.79 Å². The molecule has 0 N–H and O–H groups in total. The van der Waals surface area contributed by atoms with Crippen LogP contribution in [0.4, 0.5) is 5.95 Å². The minimum Gasteiger partial charge on any atom is -0.494 e. The van der Waals surface area contributed by atoms with Gasteiger partial charge >= 0.3 is 0 Å². The summed E-state index contributed by atoms with van der Waals surface area (Å²) in [6.45, 7) is 5.62. The molecule has 2 heterocycles. The van der Waals surface area contributed by atoms with Crippen molar-refractivity contribution >= 4 is 17.9 Å². The predicted molar refractivity (Wildman–Crippen MR) is 102 cm³/mol. The van der Waals surface area contributed by atoms with Crippen LogP contribution in [0.5, 0.6) is 5.75 Å². The summed E-state index contributed by atoms with van der Waals surface area (Å²) in [7, 11) is 0. The monoisotopic (exact) mass is 352 g/mol. The Kier molecular flexibility index (Phi) is 6.19. The van der Waals surface area contributed by atoms with Crippen LogP contribution in [0.15, 0.2) is 48.8 Å². The Labute approximate surface area is 154 Å². The number of piperazine rings is 1. The maximum absolute atomic E-state index is 12.4. The number of hydrogen-bond donors (Lipinski definition) is 0. The maximum Gasteiger partial charge on any atom is 0.246 e. The van der Waals surface area contributed by atoms with Gasteiger partial charge in [0.15, 0.2) is 0 Å². The lowest BCUT2D eigenvalue weighted by molar-refractivity contribution is -0.126. The van der Waals surface area contributed by atoms with Gasteiger partial charge in [-0.2, -0.15) is 0 Å². The van der Waals surface area contributed by atoms with Crippen molar-refractivity contribution in [3.05, 3.63) is 54.4 Å². The van der Waals surface area contributed by atoms with Gasteiger partial charge in [0, 0.05) is 44.6 Å². The molecule has 2 aromatic rings. The molecule has 0 spiro atoms. The van der Waals surface area contributed by atoms with Gasteiger partial charge in [-0.1, -0.05) is 19.1 Å². The van der Waals surface area contributed by atoms with Crippen LogP contribution >= 0.6 is 0 Å². The summed E-state index contributed by atoms with van der Waals surface area (Å²) in [6.07, 6.45) is 7.94. The van der Waals surface area contributed by atoms with Crippen molar-refractivity contribution in [1.29, 1.82) is 0 Å². The number of benzene rings is 1. The SMILES string of the molecule is CCCOc1ccc(/C=C/C(=O)N2CCN(c3ncccn3)CC2)cc1. The highest BCUT2D eigenvalue weighted by Crippen LogP contribution is 2.14. The average Bonchev–Trinajstić information content (AvgIpc) is 2.72. The standard InChI is InChI=1S/C20H24N4O2/c1-2-16-26-18-7-4-17(5-8-18)6-9-19(25)23-12-14-24(15-13-23)20-21-10-3-11-22-20/h3-11H,2,12-16H2,1H3/b9-6+. The number of nitrogens with zero attached hydrogens (tertiary/aromatic N) is 4.